The number of fused-ring (bicyclic) bond motifs is 1. The van der Waals surface area contributed by atoms with Crippen molar-refractivity contribution in [3.05, 3.63) is 23.2 Å². The summed E-state index contributed by atoms with van der Waals surface area (Å²) >= 11 is 6.12. The molecule has 1 aromatic carbocycles. The van der Waals surface area contributed by atoms with Crippen molar-refractivity contribution in [2.75, 3.05) is 31.1 Å². The number of para-hydroxylation sites is 1. The first-order chi connectivity index (χ1) is 11.0. The van der Waals surface area contributed by atoms with Crippen molar-refractivity contribution in [2.24, 2.45) is 11.8 Å². The summed E-state index contributed by atoms with van der Waals surface area (Å²) in [6.45, 7) is 5.77. The number of carbonyl (C=O) groups is 2. The highest BCUT2D eigenvalue weighted by molar-refractivity contribution is 6.32. The van der Waals surface area contributed by atoms with E-state index in [4.69, 9.17) is 16.3 Å². The molecule has 0 N–H and O–H groups in total. The van der Waals surface area contributed by atoms with E-state index in [1.165, 1.54) is 4.90 Å². The van der Waals surface area contributed by atoms with Crippen LogP contribution < -0.4 is 9.64 Å². The van der Waals surface area contributed by atoms with Gasteiger partial charge in [-0.2, -0.15) is 0 Å². The van der Waals surface area contributed by atoms with E-state index in [2.05, 4.69) is 13.8 Å². The van der Waals surface area contributed by atoms with E-state index in [0.29, 0.717) is 28.3 Å². The molecule has 0 aliphatic carbocycles. The number of halogens is 1. The van der Waals surface area contributed by atoms with Gasteiger partial charge in [0.05, 0.1) is 10.7 Å². The molecule has 2 atom stereocenters. The minimum atomic E-state index is -0.216. The van der Waals surface area contributed by atoms with E-state index in [1.807, 2.05) is 4.90 Å². The highest BCUT2D eigenvalue weighted by Crippen LogP contribution is 2.38. The van der Waals surface area contributed by atoms with Crippen LogP contribution in [0.2, 0.25) is 5.02 Å². The molecule has 0 bridgehead atoms. The lowest BCUT2D eigenvalue weighted by Gasteiger charge is -2.37. The van der Waals surface area contributed by atoms with E-state index in [1.54, 1.807) is 18.2 Å². The van der Waals surface area contributed by atoms with Crippen LogP contribution in [-0.4, -0.2) is 43.0 Å². The second-order valence-electron chi connectivity index (χ2n) is 6.60. The lowest BCUT2D eigenvalue weighted by molar-refractivity contribution is -0.134. The van der Waals surface area contributed by atoms with E-state index in [-0.39, 0.29) is 25.0 Å². The molecule has 2 amide bonds. The molecule has 0 spiro atoms. The van der Waals surface area contributed by atoms with Crippen LogP contribution in [0.5, 0.6) is 5.75 Å². The lowest BCUT2D eigenvalue weighted by atomic mass is 9.92. The molecular weight excluding hydrogens is 316 g/mol. The van der Waals surface area contributed by atoms with Crippen molar-refractivity contribution in [3.8, 4) is 5.75 Å². The van der Waals surface area contributed by atoms with E-state index in [0.717, 1.165) is 19.5 Å². The van der Waals surface area contributed by atoms with Gasteiger partial charge in [-0.05, 0) is 30.4 Å². The number of likely N-dealkylation sites (tertiary alicyclic amines) is 1. The number of hydrogen-bond donors (Lipinski definition) is 0. The standard InChI is InChI=1S/C17H21ClN2O3/c1-11-6-12(2)8-19(7-11)15(21)9-20-14-5-3-4-13(18)17(14)23-10-16(20)22/h3-5,11-12H,6-10H2,1-2H3/t11-,12+. The van der Waals surface area contributed by atoms with E-state index < -0.39 is 0 Å². The van der Waals surface area contributed by atoms with Gasteiger partial charge >= 0.3 is 0 Å². The Balaban J connectivity index is 1.78. The summed E-state index contributed by atoms with van der Waals surface area (Å²) in [7, 11) is 0. The molecule has 1 fully saturated rings. The molecule has 0 radical (unpaired) electrons. The van der Waals surface area contributed by atoms with Crippen molar-refractivity contribution >= 4 is 29.1 Å². The highest BCUT2D eigenvalue weighted by atomic mass is 35.5. The maximum atomic E-state index is 12.7. The zero-order chi connectivity index (χ0) is 16.6. The highest BCUT2D eigenvalue weighted by Gasteiger charge is 2.32. The molecule has 23 heavy (non-hydrogen) atoms. The monoisotopic (exact) mass is 336 g/mol. The summed E-state index contributed by atoms with van der Waals surface area (Å²) < 4.78 is 5.41. The first-order valence-corrected chi connectivity index (χ1v) is 8.33. The van der Waals surface area contributed by atoms with Gasteiger partial charge in [0.25, 0.3) is 5.91 Å². The topological polar surface area (TPSA) is 49.9 Å². The fraction of sp³-hybridized carbons (Fsp3) is 0.529. The third-order valence-electron chi connectivity index (χ3n) is 4.39. The van der Waals surface area contributed by atoms with Gasteiger partial charge in [0.1, 0.15) is 6.54 Å². The molecule has 2 heterocycles. The molecular formula is C17H21ClN2O3. The van der Waals surface area contributed by atoms with Crippen LogP contribution in [-0.2, 0) is 9.59 Å². The number of nitrogens with zero attached hydrogens (tertiary/aromatic N) is 2. The second-order valence-corrected chi connectivity index (χ2v) is 7.01. The molecule has 0 aromatic heterocycles. The number of hydrogen-bond acceptors (Lipinski definition) is 3. The van der Waals surface area contributed by atoms with Gasteiger partial charge < -0.3 is 9.64 Å². The summed E-state index contributed by atoms with van der Waals surface area (Å²) in [6, 6.07) is 5.23. The quantitative estimate of drug-likeness (QED) is 0.834. The Labute approximate surface area is 141 Å². The minimum absolute atomic E-state index is 0.0235. The van der Waals surface area contributed by atoms with Crippen LogP contribution in [0.15, 0.2) is 18.2 Å². The molecule has 0 unspecified atom stereocenters. The van der Waals surface area contributed by atoms with Crippen molar-refractivity contribution in [1.82, 2.24) is 4.90 Å². The fourth-order valence-electron chi connectivity index (χ4n) is 3.47. The van der Waals surface area contributed by atoms with Gasteiger partial charge in [-0.3, -0.25) is 14.5 Å². The zero-order valence-electron chi connectivity index (χ0n) is 13.4. The predicted molar refractivity (Wildman–Crippen MR) is 88.8 cm³/mol. The first-order valence-electron chi connectivity index (χ1n) is 7.95. The van der Waals surface area contributed by atoms with E-state index in [9.17, 15) is 9.59 Å². The van der Waals surface area contributed by atoms with Crippen molar-refractivity contribution in [1.29, 1.82) is 0 Å². The Morgan fingerprint density at radius 2 is 2.00 bits per heavy atom. The number of amides is 2. The molecule has 5 nitrogen and oxygen atoms in total. The maximum Gasteiger partial charge on any atom is 0.265 e. The Kier molecular flexibility index (Phi) is 4.48. The lowest BCUT2D eigenvalue weighted by Crippen LogP contribution is -2.50. The summed E-state index contributed by atoms with van der Waals surface area (Å²) in [6.07, 6.45) is 1.14. The van der Waals surface area contributed by atoms with Gasteiger partial charge in [0.2, 0.25) is 5.91 Å². The summed E-state index contributed by atoms with van der Waals surface area (Å²) in [5.74, 6) is 1.22. The van der Waals surface area contributed by atoms with Gasteiger partial charge in [0.15, 0.2) is 12.4 Å². The predicted octanol–water partition coefficient (Wildman–Crippen LogP) is 2.57. The van der Waals surface area contributed by atoms with Gasteiger partial charge in [-0.15, -0.1) is 0 Å². The van der Waals surface area contributed by atoms with Crippen LogP contribution in [0.4, 0.5) is 5.69 Å². The SMILES string of the molecule is C[C@@H]1C[C@H](C)CN(C(=O)CN2C(=O)COc3c(Cl)cccc32)C1. The Bertz CT molecular complexity index is 624. The average molecular weight is 337 g/mol. The molecule has 1 saturated heterocycles. The van der Waals surface area contributed by atoms with Crippen LogP contribution >= 0.6 is 11.6 Å². The normalized spacial score (nSPS) is 24.2. The number of benzene rings is 1. The number of anilines is 1. The Morgan fingerprint density at radius 3 is 2.70 bits per heavy atom. The second kappa shape index (κ2) is 6.40. The molecule has 1 aromatic rings. The zero-order valence-corrected chi connectivity index (χ0v) is 14.2. The third-order valence-corrected chi connectivity index (χ3v) is 4.69. The van der Waals surface area contributed by atoms with Crippen molar-refractivity contribution in [2.45, 2.75) is 20.3 Å². The summed E-state index contributed by atoms with van der Waals surface area (Å²) in [5.41, 5.74) is 0.570. The van der Waals surface area contributed by atoms with Crippen LogP contribution in [0.3, 0.4) is 0 Å². The number of ether oxygens (including phenoxy) is 1. The summed E-state index contributed by atoms with van der Waals surface area (Å²) in [4.78, 5) is 28.2. The molecule has 2 aliphatic rings. The minimum Gasteiger partial charge on any atom is -0.480 e. The molecule has 6 heteroatoms. The summed E-state index contributed by atoms with van der Waals surface area (Å²) in [5, 5.41) is 0.452. The smallest absolute Gasteiger partial charge is 0.265 e. The number of rotatable bonds is 2. The van der Waals surface area contributed by atoms with Crippen LogP contribution in [0.25, 0.3) is 0 Å². The van der Waals surface area contributed by atoms with Gasteiger partial charge in [-0.25, -0.2) is 0 Å². The maximum absolute atomic E-state index is 12.7. The average Bonchev–Trinajstić information content (AvgIpc) is 2.49. The van der Waals surface area contributed by atoms with Crippen molar-refractivity contribution in [3.63, 3.8) is 0 Å². The molecule has 3 rings (SSSR count). The Hall–Kier alpha value is -1.75. The number of carbonyl (C=O) groups excluding carboxylic acids is 2. The third kappa shape index (κ3) is 3.29. The molecule has 124 valence electrons. The van der Waals surface area contributed by atoms with Gasteiger partial charge in [-0.1, -0.05) is 31.5 Å². The van der Waals surface area contributed by atoms with Crippen LogP contribution in [0, 0.1) is 11.8 Å². The first kappa shape index (κ1) is 16.1. The largest absolute Gasteiger partial charge is 0.480 e. The molecule has 2 aliphatic heterocycles. The fourth-order valence-corrected chi connectivity index (χ4v) is 3.70. The number of piperidine rings is 1. The van der Waals surface area contributed by atoms with Crippen LogP contribution in [0.1, 0.15) is 20.3 Å². The molecule has 0 saturated carbocycles. The van der Waals surface area contributed by atoms with E-state index >= 15 is 0 Å². The van der Waals surface area contributed by atoms with Gasteiger partial charge in [0, 0.05) is 13.1 Å². The van der Waals surface area contributed by atoms with Crippen molar-refractivity contribution < 1.29 is 14.3 Å². The Morgan fingerprint density at radius 1 is 1.30 bits per heavy atom.